The second-order valence-corrected chi connectivity index (χ2v) is 9.04. The summed E-state index contributed by atoms with van der Waals surface area (Å²) in [5.74, 6) is -2.34. The van der Waals surface area contributed by atoms with Crippen LogP contribution in [0.15, 0.2) is 40.9 Å². The lowest BCUT2D eigenvalue weighted by Crippen LogP contribution is -2.46. The molecule has 1 aliphatic rings. The highest BCUT2D eigenvalue weighted by molar-refractivity contribution is 9.10. The molecular formula is C24H25BrN2O5. The summed E-state index contributed by atoms with van der Waals surface area (Å²) in [6.45, 7) is 7.05. The molecule has 2 aromatic rings. The molecule has 0 saturated heterocycles. The van der Waals surface area contributed by atoms with Crippen molar-refractivity contribution in [3.05, 3.63) is 63.1 Å². The van der Waals surface area contributed by atoms with Crippen LogP contribution >= 0.6 is 15.9 Å². The first-order valence-corrected chi connectivity index (χ1v) is 11.1. The third kappa shape index (κ3) is 4.91. The van der Waals surface area contributed by atoms with Crippen LogP contribution in [0.1, 0.15) is 52.1 Å². The number of carbonyl (C=O) groups excluding carboxylic acids is 4. The average molecular weight is 501 g/mol. The van der Waals surface area contributed by atoms with Crippen LogP contribution in [0.2, 0.25) is 0 Å². The number of imide groups is 1. The maximum Gasteiger partial charge on any atom is 0.329 e. The minimum atomic E-state index is -1.10. The van der Waals surface area contributed by atoms with Crippen molar-refractivity contribution in [2.45, 2.75) is 40.2 Å². The van der Waals surface area contributed by atoms with Crippen molar-refractivity contribution >= 4 is 45.3 Å². The number of amides is 3. The standard InChI is InChI=1S/C24H25BrN2O5/c1-13(2)9-19(27-22(29)17-7-5-6-8-18(17)23(27)30)24(31)32-12-20(28)26-16-10-14(3)21(25)15(4)11-16/h5-8,10-11,13,19H,9,12H2,1-4H3,(H,26,28)/t19-/m1/s1. The number of rotatable bonds is 7. The Kier molecular flexibility index (Phi) is 7.13. The van der Waals surface area contributed by atoms with E-state index >= 15 is 0 Å². The Morgan fingerprint density at radius 2 is 1.56 bits per heavy atom. The molecule has 3 rings (SSSR count). The van der Waals surface area contributed by atoms with Gasteiger partial charge >= 0.3 is 5.97 Å². The second-order valence-electron chi connectivity index (χ2n) is 8.25. The van der Waals surface area contributed by atoms with Gasteiger partial charge in [-0.2, -0.15) is 0 Å². The van der Waals surface area contributed by atoms with E-state index in [1.807, 2.05) is 27.7 Å². The Balaban J connectivity index is 1.70. The van der Waals surface area contributed by atoms with E-state index in [0.717, 1.165) is 20.5 Å². The van der Waals surface area contributed by atoms with Crippen molar-refractivity contribution in [3.63, 3.8) is 0 Å². The summed E-state index contributed by atoms with van der Waals surface area (Å²) >= 11 is 3.48. The van der Waals surface area contributed by atoms with E-state index in [-0.39, 0.29) is 23.5 Å². The molecule has 1 heterocycles. The number of carbonyl (C=O) groups is 4. The molecular weight excluding hydrogens is 476 g/mol. The first-order chi connectivity index (χ1) is 15.1. The van der Waals surface area contributed by atoms with Crippen LogP contribution in [-0.4, -0.2) is 41.2 Å². The fourth-order valence-corrected chi connectivity index (χ4v) is 3.92. The molecule has 0 unspecified atom stereocenters. The first-order valence-electron chi connectivity index (χ1n) is 10.3. The monoisotopic (exact) mass is 500 g/mol. The number of benzene rings is 2. The molecule has 0 radical (unpaired) electrons. The molecule has 2 aromatic carbocycles. The van der Waals surface area contributed by atoms with Crippen molar-refractivity contribution in [1.82, 2.24) is 4.90 Å². The van der Waals surface area contributed by atoms with Crippen LogP contribution in [0, 0.1) is 19.8 Å². The molecule has 1 N–H and O–H groups in total. The number of fused-ring (bicyclic) bond motifs is 1. The van der Waals surface area contributed by atoms with Crippen LogP contribution in [0.5, 0.6) is 0 Å². The molecule has 0 fully saturated rings. The molecule has 0 bridgehead atoms. The van der Waals surface area contributed by atoms with Crippen molar-refractivity contribution < 1.29 is 23.9 Å². The number of esters is 1. The third-order valence-corrected chi connectivity index (χ3v) is 6.42. The van der Waals surface area contributed by atoms with E-state index in [1.165, 1.54) is 0 Å². The lowest BCUT2D eigenvalue weighted by atomic mass is 10.0. The number of halogens is 1. The van der Waals surface area contributed by atoms with E-state index < -0.39 is 36.3 Å². The molecule has 3 amide bonds. The topological polar surface area (TPSA) is 92.8 Å². The largest absolute Gasteiger partial charge is 0.454 e. The molecule has 168 valence electrons. The zero-order chi connectivity index (χ0) is 23.6. The van der Waals surface area contributed by atoms with E-state index in [0.29, 0.717) is 5.69 Å². The Labute approximate surface area is 195 Å². The smallest absolute Gasteiger partial charge is 0.329 e. The Morgan fingerprint density at radius 1 is 1.03 bits per heavy atom. The summed E-state index contributed by atoms with van der Waals surface area (Å²) < 4.78 is 6.18. The minimum Gasteiger partial charge on any atom is -0.454 e. The molecule has 1 atom stereocenters. The van der Waals surface area contributed by atoms with E-state index in [2.05, 4.69) is 21.2 Å². The zero-order valence-corrected chi connectivity index (χ0v) is 20.0. The van der Waals surface area contributed by atoms with Crippen LogP contribution in [0.3, 0.4) is 0 Å². The van der Waals surface area contributed by atoms with Crippen LogP contribution in [0.25, 0.3) is 0 Å². The third-order valence-electron chi connectivity index (χ3n) is 5.17. The summed E-state index contributed by atoms with van der Waals surface area (Å²) in [5, 5.41) is 2.70. The molecule has 0 aromatic heterocycles. The van der Waals surface area contributed by atoms with E-state index in [1.54, 1.807) is 36.4 Å². The normalized spacial score (nSPS) is 13.9. The molecule has 0 saturated carbocycles. The number of nitrogens with zero attached hydrogens (tertiary/aromatic N) is 1. The second kappa shape index (κ2) is 9.65. The number of hydrogen-bond donors (Lipinski definition) is 1. The van der Waals surface area contributed by atoms with Crippen LogP contribution in [-0.2, 0) is 14.3 Å². The van der Waals surface area contributed by atoms with E-state index in [9.17, 15) is 19.2 Å². The highest BCUT2D eigenvalue weighted by Gasteiger charge is 2.43. The van der Waals surface area contributed by atoms with Gasteiger partial charge in [-0.25, -0.2) is 4.79 Å². The van der Waals surface area contributed by atoms with Gasteiger partial charge in [0, 0.05) is 10.2 Å². The predicted molar refractivity (Wildman–Crippen MR) is 123 cm³/mol. The molecule has 0 spiro atoms. The maximum atomic E-state index is 12.9. The van der Waals surface area contributed by atoms with E-state index in [4.69, 9.17) is 4.74 Å². The van der Waals surface area contributed by atoms with Gasteiger partial charge in [0.15, 0.2) is 6.61 Å². The first kappa shape index (κ1) is 23.7. The Hall–Kier alpha value is -3.00. The van der Waals surface area contributed by atoms with Gasteiger partial charge in [-0.3, -0.25) is 19.3 Å². The Morgan fingerprint density at radius 3 is 2.06 bits per heavy atom. The van der Waals surface area contributed by atoms with Crippen molar-refractivity contribution in [2.24, 2.45) is 5.92 Å². The summed E-state index contributed by atoms with van der Waals surface area (Å²) in [6.07, 6.45) is 0.233. The highest BCUT2D eigenvalue weighted by atomic mass is 79.9. The molecule has 1 aliphatic heterocycles. The number of nitrogens with one attached hydrogen (secondary N) is 1. The Bertz CT molecular complexity index is 1040. The molecule has 32 heavy (non-hydrogen) atoms. The summed E-state index contributed by atoms with van der Waals surface area (Å²) in [5.41, 5.74) is 3.03. The van der Waals surface area contributed by atoms with Gasteiger partial charge in [-0.15, -0.1) is 0 Å². The maximum absolute atomic E-state index is 12.9. The zero-order valence-electron chi connectivity index (χ0n) is 18.4. The van der Waals surface area contributed by atoms with Crippen molar-refractivity contribution in [2.75, 3.05) is 11.9 Å². The average Bonchev–Trinajstić information content (AvgIpc) is 2.99. The van der Waals surface area contributed by atoms with Gasteiger partial charge in [0.05, 0.1) is 11.1 Å². The fourth-order valence-electron chi connectivity index (χ4n) is 3.69. The predicted octanol–water partition coefficient (Wildman–Crippen LogP) is 4.26. The van der Waals surface area contributed by atoms with Gasteiger partial charge in [0.25, 0.3) is 17.7 Å². The number of aryl methyl sites for hydroxylation is 2. The number of hydrogen-bond acceptors (Lipinski definition) is 5. The summed E-state index contributed by atoms with van der Waals surface area (Å²) in [7, 11) is 0. The SMILES string of the molecule is Cc1cc(NC(=O)COC(=O)[C@@H](CC(C)C)N2C(=O)c3ccccc3C2=O)cc(C)c1Br. The minimum absolute atomic E-state index is 0.0133. The highest BCUT2D eigenvalue weighted by Crippen LogP contribution is 2.28. The summed E-state index contributed by atoms with van der Waals surface area (Å²) in [4.78, 5) is 51.8. The molecule has 8 heteroatoms. The van der Waals surface area contributed by atoms with Gasteiger partial charge in [-0.05, 0) is 61.6 Å². The van der Waals surface area contributed by atoms with Gasteiger partial charge < -0.3 is 10.1 Å². The lowest BCUT2D eigenvalue weighted by Gasteiger charge is -2.25. The van der Waals surface area contributed by atoms with Crippen molar-refractivity contribution in [3.8, 4) is 0 Å². The summed E-state index contributed by atoms with van der Waals surface area (Å²) in [6, 6.07) is 8.95. The molecule has 7 nitrogen and oxygen atoms in total. The molecule has 0 aliphatic carbocycles. The number of ether oxygens (including phenoxy) is 1. The van der Waals surface area contributed by atoms with Gasteiger partial charge in [-0.1, -0.05) is 41.9 Å². The quantitative estimate of drug-likeness (QED) is 0.452. The van der Waals surface area contributed by atoms with Gasteiger partial charge in [0.1, 0.15) is 6.04 Å². The van der Waals surface area contributed by atoms with Gasteiger partial charge in [0.2, 0.25) is 0 Å². The van der Waals surface area contributed by atoms with Crippen LogP contribution in [0.4, 0.5) is 5.69 Å². The van der Waals surface area contributed by atoms with Crippen molar-refractivity contribution in [1.29, 1.82) is 0 Å². The fraction of sp³-hybridized carbons (Fsp3) is 0.333. The van der Waals surface area contributed by atoms with Crippen LogP contribution < -0.4 is 5.32 Å². The lowest BCUT2D eigenvalue weighted by molar-refractivity contribution is -0.151. The number of anilines is 1.